The fraction of sp³-hybridized carbons (Fsp3) is 0.273. The van der Waals surface area contributed by atoms with Gasteiger partial charge in [-0.25, -0.2) is 9.78 Å². The first-order chi connectivity index (χ1) is 23.2. The highest BCUT2D eigenvalue weighted by Gasteiger charge is 2.34. The number of nitrogens with one attached hydrogen (secondary N) is 1. The Bertz CT molecular complexity index is 1790. The zero-order valence-corrected chi connectivity index (χ0v) is 26.4. The van der Waals surface area contributed by atoms with Gasteiger partial charge in [-0.3, -0.25) is 29.6 Å². The molecule has 0 spiro atoms. The Labute approximate surface area is 276 Å². The van der Waals surface area contributed by atoms with Crippen molar-refractivity contribution in [3.8, 4) is 11.5 Å². The number of methoxy groups -OCH3 is 2. The molecule has 0 unspecified atom stereocenters. The highest BCUT2D eigenvalue weighted by molar-refractivity contribution is 6.05. The van der Waals surface area contributed by atoms with Crippen molar-refractivity contribution in [1.29, 1.82) is 0 Å². The molecule has 15 nitrogen and oxygen atoms in total. The van der Waals surface area contributed by atoms with Crippen LogP contribution in [-0.4, -0.2) is 83.8 Å². The molecule has 6 rings (SSSR count). The molecule has 0 atom stereocenters. The van der Waals surface area contributed by atoms with Crippen molar-refractivity contribution < 1.29 is 29.1 Å². The fourth-order valence-corrected chi connectivity index (χ4v) is 5.72. The molecule has 4 aromatic rings. The van der Waals surface area contributed by atoms with Crippen molar-refractivity contribution in [1.82, 2.24) is 14.9 Å². The second-order valence-electron chi connectivity index (χ2n) is 11.3. The lowest BCUT2D eigenvalue weighted by molar-refractivity contribution is -0.384. The number of aromatic nitrogens is 2. The second kappa shape index (κ2) is 13.8. The second-order valence-corrected chi connectivity index (χ2v) is 11.3. The molecule has 15 heteroatoms. The van der Waals surface area contributed by atoms with Crippen LogP contribution in [-0.2, 0) is 17.9 Å². The number of nitro groups is 1. The van der Waals surface area contributed by atoms with Crippen LogP contribution >= 0.6 is 0 Å². The topological polar surface area (TPSA) is 167 Å². The minimum Gasteiger partial charge on any atom is -0.497 e. The van der Waals surface area contributed by atoms with E-state index in [1.807, 2.05) is 29.2 Å². The smallest absolute Gasteiger partial charge is 0.330 e. The predicted molar refractivity (Wildman–Crippen MR) is 178 cm³/mol. The van der Waals surface area contributed by atoms with E-state index in [-0.39, 0.29) is 31.4 Å². The number of rotatable bonds is 11. The van der Waals surface area contributed by atoms with Crippen molar-refractivity contribution in [2.45, 2.75) is 13.1 Å². The number of carbonyl (C=O) groups excluding carboxylic acids is 1. The zero-order valence-electron chi connectivity index (χ0n) is 26.4. The van der Waals surface area contributed by atoms with Gasteiger partial charge in [-0.15, -0.1) is 0 Å². The quantitative estimate of drug-likeness (QED) is 0.172. The van der Waals surface area contributed by atoms with E-state index in [0.717, 1.165) is 24.5 Å². The van der Waals surface area contributed by atoms with Gasteiger partial charge in [-0.1, -0.05) is 12.1 Å². The number of benzene rings is 3. The van der Waals surface area contributed by atoms with Gasteiger partial charge in [-0.05, 0) is 29.8 Å². The van der Waals surface area contributed by atoms with E-state index in [0.29, 0.717) is 53.2 Å². The van der Waals surface area contributed by atoms with Crippen LogP contribution in [0.2, 0.25) is 0 Å². The molecule has 1 aromatic heterocycles. The van der Waals surface area contributed by atoms with E-state index in [2.05, 4.69) is 15.2 Å². The lowest BCUT2D eigenvalue weighted by Crippen LogP contribution is -2.47. The molecule has 248 valence electrons. The Kier molecular flexibility index (Phi) is 9.20. The number of hydrogen-bond acceptors (Lipinski definition) is 11. The molecule has 3 heterocycles. The van der Waals surface area contributed by atoms with Crippen LogP contribution in [0.4, 0.5) is 39.3 Å². The third kappa shape index (κ3) is 7.05. The van der Waals surface area contributed by atoms with Crippen molar-refractivity contribution in [2.75, 3.05) is 67.0 Å². The molecule has 2 aliphatic rings. The van der Waals surface area contributed by atoms with E-state index in [1.54, 1.807) is 41.4 Å². The molecule has 0 saturated carbocycles. The number of carbonyl (C=O) groups is 2. The average molecular weight is 655 g/mol. The number of piperazine rings is 1. The first-order valence-corrected chi connectivity index (χ1v) is 15.2. The van der Waals surface area contributed by atoms with Crippen molar-refractivity contribution in [3.05, 3.63) is 94.2 Å². The number of carboxylic acids is 1. The molecule has 0 radical (unpaired) electrons. The van der Waals surface area contributed by atoms with Crippen molar-refractivity contribution in [3.63, 3.8) is 0 Å². The summed E-state index contributed by atoms with van der Waals surface area (Å²) in [5.74, 6) is 0.927. The average Bonchev–Trinajstić information content (AvgIpc) is 3.10. The Morgan fingerprint density at radius 2 is 1.62 bits per heavy atom. The van der Waals surface area contributed by atoms with Gasteiger partial charge in [-0.2, -0.15) is 4.98 Å². The number of hydrogen-bond donors (Lipinski definition) is 2. The summed E-state index contributed by atoms with van der Waals surface area (Å²) in [6, 6.07) is 18.7. The van der Waals surface area contributed by atoms with Gasteiger partial charge in [0.15, 0.2) is 0 Å². The van der Waals surface area contributed by atoms with E-state index in [4.69, 9.17) is 19.6 Å². The van der Waals surface area contributed by atoms with Crippen LogP contribution in [0.15, 0.2) is 72.9 Å². The maximum atomic E-state index is 14.1. The normalized spacial score (nSPS) is 14.8. The molecule has 3 aromatic carbocycles. The molecular weight excluding hydrogens is 620 g/mol. The molecule has 2 amide bonds. The summed E-state index contributed by atoms with van der Waals surface area (Å²) in [6.45, 7) is 3.14. The Balaban J connectivity index is 1.25. The Hall–Kier alpha value is -5.96. The largest absolute Gasteiger partial charge is 0.497 e. The molecule has 0 aliphatic carbocycles. The van der Waals surface area contributed by atoms with E-state index >= 15 is 0 Å². The maximum Gasteiger partial charge on any atom is 0.330 e. The number of aliphatic carboxylic acids is 1. The first-order valence-electron chi connectivity index (χ1n) is 15.2. The highest BCUT2D eigenvalue weighted by atomic mass is 16.6. The lowest BCUT2D eigenvalue weighted by Gasteiger charge is -2.36. The summed E-state index contributed by atoms with van der Waals surface area (Å²) in [4.78, 5) is 52.5. The number of carboxylic acid groups (broad SMARTS) is 1. The third-order valence-electron chi connectivity index (χ3n) is 8.24. The lowest BCUT2D eigenvalue weighted by atomic mass is 10.1. The molecule has 2 aliphatic heterocycles. The van der Waals surface area contributed by atoms with Crippen molar-refractivity contribution >= 4 is 46.5 Å². The van der Waals surface area contributed by atoms with Crippen LogP contribution in [0.25, 0.3) is 0 Å². The Morgan fingerprint density at radius 3 is 2.23 bits per heavy atom. The minimum absolute atomic E-state index is 0.0438. The molecular formula is C33H34N8O7. The van der Waals surface area contributed by atoms with Crippen LogP contribution in [0, 0.1) is 10.1 Å². The van der Waals surface area contributed by atoms with E-state index in [9.17, 15) is 19.7 Å². The molecule has 48 heavy (non-hydrogen) atoms. The van der Waals surface area contributed by atoms with Gasteiger partial charge < -0.3 is 24.8 Å². The SMILES string of the molecule is COc1cc(OC)cc(N2Cc3cnc(Nc4ccc(N5CCN(CC(=O)O)CC5)cc4)nc3N(Cc3ccc([N+](=O)[O-])cc3)C2=O)c1. The number of amides is 2. The number of urea groups is 1. The number of non-ortho nitro benzene ring substituents is 1. The maximum absolute atomic E-state index is 14.1. The fourth-order valence-electron chi connectivity index (χ4n) is 5.72. The van der Waals surface area contributed by atoms with E-state index in [1.165, 1.54) is 31.3 Å². The van der Waals surface area contributed by atoms with Gasteiger partial charge in [0.1, 0.15) is 17.3 Å². The molecule has 1 saturated heterocycles. The zero-order chi connectivity index (χ0) is 33.8. The third-order valence-corrected chi connectivity index (χ3v) is 8.24. The standard InChI is InChI=1S/C33H34N8O7/c1-47-28-15-27(16-29(17-28)48-2)39-20-23-18-34-32(36-31(23)40(33(39)44)19-22-3-7-26(8-4-22)41(45)46)35-24-5-9-25(10-6-24)38-13-11-37(12-14-38)21-30(42)43/h3-10,15-18H,11-14,19-21H2,1-2H3,(H,42,43)(H,34,35,36). The van der Waals surface area contributed by atoms with Crippen LogP contribution < -0.4 is 29.5 Å². The number of anilines is 5. The first kappa shape index (κ1) is 32.0. The summed E-state index contributed by atoms with van der Waals surface area (Å²) in [7, 11) is 3.07. The molecule has 1 fully saturated rings. The van der Waals surface area contributed by atoms with Gasteiger partial charge >= 0.3 is 12.0 Å². The number of fused-ring (bicyclic) bond motifs is 1. The number of nitro benzene ring substituents is 1. The number of ether oxygens (including phenoxy) is 2. The van der Waals surface area contributed by atoms with Crippen LogP contribution in [0.3, 0.4) is 0 Å². The predicted octanol–water partition coefficient (Wildman–Crippen LogP) is 4.50. The molecule has 0 bridgehead atoms. The van der Waals surface area contributed by atoms with Gasteiger partial charge in [0.25, 0.3) is 5.69 Å². The highest BCUT2D eigenvalue weighted by Crippen LogP contribution is 2.36. The minimum atomic E-state index is -0.822. The summed E-state index contributed by atoms with van der Waals surface area (Å²) < 4.78 is 10.9. The van der Waals surface area contributed by atoms with Crippen LogP contribution in [0.5, 0.6) is 11.5 Å². The number of nitrogens with zero attached hydrogens (tertiary/aromatic N) is 7. The summed E-state index contributed by atoms with van der Waals surface area (Å²) in [5.41, 5.74) is 3.66. The monoisotopic (exact) mass is 654 g/mol. The van der Waals surface area contributed by atoms with Gasteiger partial charge in [0.05, 0.1) is 44.5 Å². The summed E-state index contributed by atoms with van der Waals surface area (Å²) in [5, 5.41) is 23.5. The van der Waals surface area contributed by atoms with Gasteiger partial charge in [0, 0.05) is 79.6 Å². The Morgan fingerprint density at radius 1 is 0.958 bits per heavy atom. The molecule has 2 N–H and O–H groups in total. The van der Waals surface area contributed by atoms with Crippen LogP contribution in [0.1, 0.15) is 11.1 Å². The summed E-state index contributed by atoms with van der Waals surface area (Å²) >= 11 is 0. The van der Waals surface area contributed by atoms with Gasteiger partial charge in [0.2, 0.25) is 5.95 Å². The summed E-state index contributed by atoms with van der Waals surface area (Å²) in [6.07, 6.45) is 1.68. The van der Waals surface area contributed by atoms with Crippen molar-refractivity contribution in [2.24, 2.45) is 0 Å². The van der Waals surface area contributed by atoms with E-state index < -0.39 is 10.9 Å².